The molecule has 0 amide bonds. The molecule has 0 aliphatic rings. The third-order valence-electron chi connectivity index (χ3n) is 3.06. The maximum absolute atomic E-state index is 5.71. The Bertz CT molecular complexity index is 394. The first kappa shape index (κ1) is 14.5. The highest BCUT2D eigenvalue weighted by atomic mass is 16.5. The fourth-order valence-corrected chi connectivity index (χ4v) is 1.91. The van der Waals surface area contributed by atoms with Crippen LogP contribution in [0.1, 0.15) is 31.9 Å². The second-order valence-electron chi connectivity index (χ2n) is 3.97. The molecule has 96 valence electrons. The number of methoxy groups -OCH3 is 1. The summed E-state index contributed by atoms with van der Waals surface area (Å²) in [7, 11) is 1.75. The molecule has 0 N–H and O–H groups in total. The molecule has 0 saturated carbocycles. The molecule has 0 spiro atoms. The summed E-state index contributed by atoms with van der Waals surface area (Å²) < 4.78 is 5.71. The summed E-state index contributed by atoms with van der Waals surface area (Å²) in [5, 5.41) is 0. The largest absolute Gasteiger partial charge is 0.369 e. The summed E-state index contributed by atoms with van der Waals surface area (Å²) >= 11 is 0. The van der Waals surface area contributed by atoms with Crippen molar-refractivity contribution in [2.45, 2.75) is 26.4 Å². The van der Waals surface area contributed by atoms with Gasteiger partial charge in [-0.3, -0.25) is 0 Å². The van der Waals surface area contributed by atoms with Gasteiger partial charge < -0.3 is 4.74 Å². The van der Waals surface area contributed by atoms with Crippen LogP contribution in [0.3, 0.4) is 0 Å². The van der Waals surface area contributed by atoms with Gasteiger partial charge in [0, 0.05) is 7.11 Å². The van der Waals surface area contributed by atoms with E-state index >= 15 is 0 Å². The molecule has 18 heavy (non-hydrogen) atoms. The first-order chi connectivity index (χ1) is 8.77. The van der Waals surface area contributed by atoms with Crippen LogP contribution in [0.15, 0.2) is 60.7 Å². The van der Waals surface area contributed by atoms with E-state index in [4.69, 9.17) is 4.74 Å². The van der Waals surface area contributed by atoms with Gasteiger partial charge in [-0.05, 0) is 18.1 Å². The van der Waals surface area contributed by atoms with Gasteiger partial charge in [-0.2, -0.15) is 0 Å². The third-order valence-corrected chi connectivity index (χ3v) is 3.06. The van der Waals surface area contributed by atoms with Crippen molar-refractivity contribution in [3.8, 4) is 0 Å². The van der Waals surface area contributed by atoms with Gasteiger partial charge in [-0.15, -0.1) is 0 Å². The predicted octanol–water partition coefficient (Wildman–Crippen LogP) is 4.62. The van der Waals surface area contributed by atoms with Crippen LogP contribution in [0.4, 0.5) is 0 Å². The van der Waals surface area contributed by atoms with E-state index in [0.717, 1.165) is 0 Å². The molecular weight excluding hydrogens is 220 g/mol. The highest BCUT2D eigenvalue weighted by Gasteiger charge is 2.27. The standard InChI is InChI=1S/C15H16O.C2H6/c1-15(16-2,13-9-5-3-6-10-13)14-11-7-4-8-12-14;1-2/h3-12H,1-2H3;1-2H3. The lowest BCUT2D eigenvalue weighted by Gasteiger charge is -2.29. The minimum absolute atomic E-state index is 0.372. The van der Waals surface area contributed by atoms with E-state index in [0.29, 0.717) is 0 Å². The Labute approximate surface area is 110 Å². The van der Waals surface area contributed by atoms with Crippen LogP contribution >= 0.6 is 0 Å². The van der Waals surface area contributed by atoms with E-state index < -0.39 is 0 Å². The third kappa shape index (κ3) is 2.99. The lowest BCUT2D eigenvalue weighted by Crippen LogP contribution is -2.25. The highest BCUT2D eigenvalue weighted by molar-refractivity contribution is 5.35. The SMILES string of the molecule is CC.COC(C)(c1ccccc1)c1ccccc1. The summed E-state index contributed by atoms with van der Waals surface area (Å²) in [6.07, 6.45) is 0. The summed E-state index contributed by atoms with van der Waals surface area (Å²) in [6.45, 7) is 6.09. The van der Waals surface area contributed by atoms with Gasteiger partial charge in [-0.1, -0.05) is 74.5 Å². The molecule has 0 radical (unpaired) electrons. The Kier molecular flexibility index (Phi) is 5.60. The number of hydrogen-bond acceptors (Lipinski definition) is 1. The Hall–Kier alpha value is -1.60. The fraction of sp³-hybridized carbons (Fsp3) is 0.294. The summed E-state index contributed by atoms with van der Waals surface area (Å²) in [6, 6.07) is 20.6. The van der Waals surface area contributed by atoms with Gasteiger partial charge in [0.25, 0.3) is 0 Å². The normalized spacial score (nSPS) is 10.4. The van der Waals surface area contributed by atoms with E-state index in [1.807, 2.05) is 50.2 Å². The number of hydrogen-bond donors (Lipinski definition) is 0. The molecule has 2 rings (SSSR count). The van der Waals surface area contributed by atoms with Crippen LogP contribution in [0.5, 0.6) is 0 Å². The van der Waals surface area contributed by atoms with Gasteiger partial charge in [0.15, 0.2) is 0 Å². The van der Waals surface area contributed by atoms with Crippen molar-refractivity contribution in [3.05, 3.63) is 71.8 Å². The summed E-state index contributed by atoms with van der Waals surface area (Å²) in [4.78, 5) is 0. The van der Waals surface area contributed by atoms with Gasteiger partial charge >= 0.3 is 0 Å². The topological polar surface area (TPSA) is 9.23 Å². The molecule has 2 aromatic carbocycles. The van der Waals surface area contributed by atoms with Crippen LogP contribution < -0.4 is 0 Å². The van der Waals surface area contributed by atoms with Crippen molar-refractivity contribution >= 4 is 0 Å². The Morgan fingerprint density at radius 1 is 0.722 bits per heavy atom. The van der Waals surface area contributed by atoms with Crippen LogP contribution in [-0.2, 0) is 10.3 Å². The molecule has 1 heteroatoms. The minimum Gasteiger partial charge on any atom is -0.369 e. The van der Waals surface area contributed by atoms with Crippen molar-refractivity contribution in [1.82, 2.24) is 0 Å². The van der Waals surface area contributed by atoms with Crippen LogP contribution in [0, 0.1) is 0 Å². The van der Waals surface area contributed by atoms with Crippen LogP contribution in [0.2, 0.25) is 0 Å². The lowest BCUT2D eigenvalue weighted by atomic mass is 9.88. The first-order valence-corrected chi connectivity index (χ1v) is 6.43. The fourth-order valence-electron chi connectivity index (χ4n) is 1.91. The zero-order valence-corrected chi connectivity index (χ0v) is 11.7. The van der Waals surface area contributed by atoms with Crippen molar-refractivity contribution in [3.63, 3.8) is 0 Å². The molecular formula is C17H22O. The second kappa shape index (κ2) is 6.97. The Morgan fingerprint density at radius 3 is 1.33 bits per heavy atom. The Morgan fingerprint density at radius 2 is 1.06 bits per heavy atom. The van der Waals surface area contributed by atoms with E-state index in [1.54, 1.807) is 7.11 Å². The number of rotatable bonds is 3. The van der Waals surface area contributed by atoms with E-state index in [1.165, 1.54) is 11.1 Å². The average Bonchev–Trinajstić information content (AvgIpc) is 2.50. The molecule has 0 unspecified atom stereocenters. The van der Waals surface area contributed by atoms with E-state index in [-0.39, 0.29) is 5.60 Å². The summed E-state index contributed by atoms with van der Waals surface area (Å²) in [5.41, 5.74) is 1.97. The lowest BCUT2D eigenvalue weighted by molar-refractivity contribution is 0.0391. The maximum Gasteiger partial charge on any atom is 0.115 e. The molecule has 0 aliphatic heterocycles. The van der Waals surface area contributed by atoms with Gasteiger partial charge in [-0.25, -0.2) is 0 Å². The van der Waals surface area contributed by atoms with Crippen LogP contribution in [-0.4, -0.2) is 7.11 Å². The Balaban J connectivity index is 0.000000771. The maximum atomic E-state index is 5.71. The molecule has 0 heterocycles. The number of benzene rings is 2. The molecule has 0 atom stereocenters. The molecule has 0 aromatic heterocycles. The number of ether oxygens (including phenoxy) is 1. The minimum atomic E-state index is -0.372. The van der Waals surface area contributed by atoms with Gasteiger partial charge in [0.2, 0.25) is 0 Å². The molecule has 0 saturated heterocycles. The predicted molar refractivity (Wildman–Crippen MR) is 77.7 cm³/mol. The highest BCUT2D eigenvalue weighted by Crippen LogP contribution is 2.32. The summed E-state index contributed by atoms with van der Waals surface area (Å²) in [5.74, 6) is 0. The average molecular weight is 242 g/mol. The van der Waals surface area contributed by atoms with E-state index in [9.17, 15) is 0 Å². The molecule has 0 bridgehead atoms. The smallest absolute Gasteiger partial charge is 0.115 e. The second-order valence-corrected chi connectivity index (χ2v) is 3.97. The van der Waals surface area contributed by atoms with Crippen molar-refractivity contribution in [2.75, 3.05) is 7.11 Å². The van der Waals surface area contributed by atoms with Crippen molar-refractivity contribution in [2.24, 2.45) is 0 Å². The monoisotopic (exact) mass is 242 g/mol. The first-order valence-electron chi connectivity index (χ1n) is 6.43. The molecule has 1 nitrogen and oxygen atoms in total. The van der Waals surface area contributed by atoms with Crippen molar-refractivity contribution in [1.29, 1.82) is 0 Å². The van der Waals surface area contributed by atoms with Gasteiger partial charge in [0.1, 0.15) is 5.60 Å². The molecule has 2 aromatic rings. The quantitative estimate of drug-likeness (QED) is 0.763. The molecule has 0 fully saturated rings. The van der Waals surface area contributed by atoms with E-state index in [2.05, 4.69) is 31.2 Å². The zero-order chi connectivity index (χ0) is 13.4. The van der Waals surface area contributed by atoms with Gasteiger partial charge in [0.05, 0.1) is 0 Å². The van der Waals surface area contributed by atoms with Crippen LogP contribution in [0.25, 0.3) is 0 Å². The van der Waals surface area contributed by atoms with Crippen molar-refractivity contribution < 1.29 is 4.74 Å². The zero-order valence-electron chi connectivity index (χ0n) is 11.7. The molecule has 0 aliphatic carbocycles.